The molecule has 0 amide bonds. The van der Waals surface area contributed by atoms with Crippen LogP contribution in [0.4, 0.5) is 0 Å². The smallest absolute Gasteiger partial charge is 0.141 e. The van der Waals surface area contributed by atoms with Gasteiger partial charge >= 0.3 is 0 Å². The van der Waals surface area contributed by atoms with Crippen LogP contribution in [0.1, 0.15) is 5.56 Å². The number of halogens is 2. The second kappa shape index (κ2) is 5.62. The Morgan fingerprint density at radius 1 is 1.18 bits per heavy atom. The van der Waals surface area contributed by atoms with Crippen molar-refractivity contribution in [1.29, 1.82) is 0 Å². The van der Waals surface area contributed by atoms with Gasteiger partial charge in [-0.1, -0.05) is 15.9 Å². The molecule has 0 unspecified atom stereocenters. The van der Waals surface area contributed by atoms with Crippen molar-refractivity contribution in [1.82, 2.24) is 4.98 Å². The minimum atomic E-state index is -0.0999. The molecule has 88 valence electrons. The van der Waals surface area contributed by atoms with E-state index in [9.17, 15) is 5.11 Å². The van der Waals surface area contributed by atoms with E-state index in [-0.39, 0.29) is 6.61 Å². The molecule has 1 heterocycles. The number of aliphatic hydroxyl groups excluding tert-OH is 1. The lowest BCUT2D eigenvalue weighted by atomic mass is 10.2. The summed E-state index contributed by atoms with van der Waals surface area (Å²) in [7, 11) is 0. The number of hydrogen-bond donors (Lipinski definition) is 1. The van der Waals surface area contributed by atoms with Crippen molar-refractivity contribution in [2.24, 2.45) is 0 Å². The van der Waals surface area contributed by atoms with Crippen LogP contribution < -0.4 is 4.74 Å². The fourth-order valence-corrected chi connectivity index (χ4v) is 2.44. The van der Waals surface area contributed by atoms with Gasteiger partial charge in [0.25, 0.3) is 0 Å². The highest BCUT2D eigenvalue weighted by atomic mass is 79.9. The van der Waals surface area contributed by atoms with E-state index in [4.69, 9.17) is 4.74 Å². The Labute approximate surface area is 116 Å². The maximum absolute atomic E-state index is 9.17. The average molecular weight is 359 g/mol. The number of aliphatic hydroxyl groups is 1. The largest absolute Gasteiger partial charge is 0.456 e. The molecular formula is C12H9Br2NO2. The van der Waals surface area contributed by atoms with Crippen LogP contribution in [0, 0.1) is 0 Å². The first kappa shape index (κ1) is 12.5. The highest BCUT2D eigenvalue weighted by molar-refractivity contribution is 9.11. The predicted octanol–water partition coefficient (Wildman–Crippen LogP) is 3.89. The number of aromatic nitrogens is 1. The maximum Gasteiger partial charge on any atom is 0.141 e. The molecule has 0 bridgehead atoms. The van der Waals surface area contributed by atoms with Crippen molar-refractivity contribution in [3.05, 3.63) is 51.2 Å². The zero-order chi connectivity index (χ0) is 12.3. The van der Waals surface area contributed by atoms with Crippen LogP contribution in [0.25, 0.3) is 0 Å². The summed E-state index contributed by atoms with van der Waals surface area (Å²) in [5, 5.41) is 9.17. The van der Waals surface area contributed by atoms with Crippen LogP contribution in [-0.4, -0.2) is 10.1 Å². The lowest BCUT2D eigenvalue weighted by molar-refractivity contribution is 0.276. The van der Waals surface area contributed by atoms with Gasteiger partial charge in [0.1, 0.15) is 11.5 Å². The quantitative estimate of drug-likeness (QED) is 0.904. The van der Waals surface area contributed by atoms with Crippen LogP contribution in [0.5, 0.6) is 11.5 Å². The summed E-state index contributed by atoms with van der Waals surface area (Å²) in [6.45, 7) is -0.0999. The number of nitrogens with zero attached hydrogens (tertiary/aromatic N) is 1. The number of rotatable bonds is 3. The molecule has 1 aromatic carbocycles. The zero-order valence-corrected chi connectivity index (χ0v) is 11.9. The lowest BCUT2D eigenvalue weighted by Crippen LogP contribution is -1.93. The molecular weight excluding hydrogens is 350 g/mol. The third-order valence-corrected chi connectivity index (χ3v) is 3.26. The summed E-state index contributed by atoms with van der Waals surface area (Å²) in [5.74, 6) is 1.29. The number of hydrogen-bond acceptors (Lipinski definition) is 3. The summed E-state index contributed by atoms with van der Waals surface area (Å²) < 4.78 is 7.53. The van der Waals surface area contributed by atoms with Gasteiger partial charge in [0.2, 0.25) is 0 Å². The van der Waals surface area contributed by atoms with E-state index >= 15 is 0 Å². The van der Waals surface area contributed by atoms with E-state index in [2.05, 4.69) is 36.8 Å². The Balaban J connectivity index is 2.31. The van der Waals surface area contributed by atoms with E-state index in [0.29, 0.717) is 17.1 Å². The molecule has 0 aliphatic carbocycles. The van der Waals surface area contributed by atoms with Crippen LogP contribution >= 0.6 is 31.9 Å². The van der Waals surface area contributed by atoms with Gasteiger partial charge in [-0.25, -0.2) is 0 Å². The van der Waals surface area contributed by atoms with E-state index in [1.54, 1.807) is 18.5 Å². The summed E-state index contributed by atoms with van der Waals surface area (Å²) in [4.78, 5) is 3.94. The third-order valence-electron chi connectivity index (χ3n) is 2.14. The Morgan fingerprint density at radius 3 is 2.71 bits per heavy atom. The van der Waals surface area contributed by atoms with Crippen molar-refractivity contribution >= 4 is 31.9 Å². The van der Waals surface area contributed by atoms with Crippen LogP contribution in [0.2, 0.25) is 0 Å². The van der Waals surface area contributed by atoms with Crippen LogP contribution in [-0.2, 0) is 6.61 Å². The van der Waals surface area contributed by atoms with Crippen molar-refractivity contribution in [2.45, 2.75) is 6.61 Å². The van der Waals surface area contributed by atoms with E-state index in [1.165, 1.54) is 0 Å². The monoisotopic (exact) mass is 357 g/mol. The van der Waals surface area contributed by atoms with Crippen LogP contribution in [0.3, 0.4) is 0 Å². The van der Waals surface area contributed by atoms with E-state index < -0.39 is 0 Å². The molecule has 0 radical (unpaired) electrons. The molecule has 0 saturated heterocycles. The number of ether oxygens (including phenoxy) is 1. The molecule has 0 atom stereocenters. The number of benzene rings is 1. The van der Waals surface area contributed by atoms with Crippen molar-refractivity contribution < 1.29 is 9.84 Å². The van der Waals surface area contributed by atoms with Gasteiger partial charge in [0.15, 0.2) is 0 Å². The SMILES string of the molecule is OCc1cnccc1Oc1ccc(Br)cc1Br. The van der Waals surface area contributed by atoms with Gasteiger partial charge in [0, 0.05) is 22.4 Å². The van der Waals surface area contributed by atoms with Crippen molar-refractivity contribution in [3.8, 4) is 11.5 Å². The minimum absolute atomic E-state index is 0.0999. The summed E-state index contributed by atoms with van der Waals surface area (Å²) in [5.41, 5.74) is 0.655. The summed E-state index contributed by atoms with van der Waals surface area (Å²) in [6.07, 6.45) is 3.21. The molecule has 17 heavy (non-hydrogen) atoms. The van der Waals surface area contributed by atoms with E-state index in [0.717, 1.165) is 8.95 Å². The molecule has 0 aliphatic rings. The van der Waals surface area contributed by atoms with Gasteiger partial charge in [-0.05, 0) is 40.2 Å². The van der Waals surface area contributed by atoms with Crippen molar-refractivity contribution in [2.75, 3.05) is 0 Å². The Kier molecular flexibility index (Phi) is 4.15. The molecule has 3 nitrogen and oxygen atoms in total. The fraction of sp³-hybridized carbons (Fsp3) is 0.0833. The topological polar surface area (TPSA) is 42.4 Å². The first-order chi connectivity index (χ1) is 8.20. The molecule has 2 rings (SSSR count). The first-order valence-electron chi connectivity index (χ1n) is 4.87. The van der Waals surface area contributed by atoms with Crippen molar-refractivity contribution in [3.63, 3.8) is 0 Å². The molecule has 1 aromatic heterocycles. The molecule has 1 N–H and O–H groups in total. The highest BCUT2D eigenvalue weighted by Gasteiger charge is 2.07. The predicted molar refractivity (Wildman–Crippen MR) is 72.1 cm³/mol. The average Bonchev–Trinajstić information content (AvgIpc) is 2.33. The second-order valence-electron chi connectivity index (χ2n) is 3.32. The molecule has 0 aliphatic heterocycles. The molecule has 5 heteroatoms. The molecule has 2 aromatic rings. The lowest BCUT2D eigenvalue weighted by Gasteiger charge is -2.10. The Bertz CT molecular complexity index is 532. The standard InChI is InChI=1S/C12H9Br2NO2/c13-9-1-2-12(10(14)5-9)17-11-3-4-15-6-8(11)7-16/h1-6,16H,7H2. The maximum atomic E-state index is 9.17. The normalized spacial score (nSPS) is 10.3. The Hall–Kier alpha value is -0.910. The van der Waals surface area contributed by atoms with E-state index in [1.807, 2.05) is 18.2 Å². The molecule has 0 fully saturated rings. The minimum Gasteiger partial charge on any atom is -0.456 e. The highest BCUT2D eigenvalue weighted by Crippen LogP contribution is 2.33. The van der Waals surface area contributed by atoms with Gasteiger partial charge < -0.3 is 9.84 Å². The summed E-state index contributed by atoms with van der Waals surface area (Å²) >= 11 is 6.79. The van der Waals surface area contributed by atoms with Gasteiger partial charge in [0.05, 0.1) is 11.1 Å². The van der Waals surface area contributed by atoms with Gasteiger partial charge in [-0.15, -0.1) is 0 Å². The summed E-state index contributed by atoms with van der Waals surface area (Å²) in [6, 6.07) is 7.35. The molecule has 0 saturated carbocycles. The third kappa shape index (κ3) is 3.06. The first-order valence-corrected chi connectivity index (χ1v) is 6.46. The van der Waals surface area contributed by atoms with Crippen LogP contribution in [0.15, 0.2) is 45.6 Å². The Morgan fingerprint density at radius 2 is 2.00 bits per heavy atom. The fourth-order valence-electron chi connectivity index (χ4n) is 1.31. The molecule has 0 spiro atoms. The number of pyridine rings is 1. The zero-order valence-electron chi connectivity index (χ0n) is 8.73. The van der Waals surface area contributed by atoms with Gasteiger partial charge in [-0.2, -0.15) is 0 Å². The second-order valence-corrected chi connectivity index (χ2v) is 5.09. The van der Waals surface area contributed by atoms with Gasteiger partial charge in [-0.3, -0.25) is 4.98 Å².